The van der Waals surface area contributed by atoms with Crippen molar-refractivity contribution in [1.29, 1.82) is 0 Å². The van der Waals surface area contributed by atoms with Crippen molar-refractivity contribution in [2.45, 2.75) is 45.4 Å². The van der Waals surface area contributed by atoms with Crippen LogP contribution in [-0.2, 0) is 9.59 Å². The Morgan fingerprint density at radius 3 is 2.90 bits per heavy atom. The zero-order valence-corrected chi connectivity index (χ0v) is 17.6. The largest absolute Gasteiger partial charge is 0.352 e. The second kappa shape index (κ2) is 15.0. The van der Waals surface area contributed by atoms with E-state index in [0.29, 0.717) is 25.8 Å². The molecule has 0 bridgehead atoms. The van der Waals surface area contributed by atoms with E-state index in [1.165, 1.54) is 11.6 Å². The van der Waals surface area contributed by atoms with E-state index < -0.39 is 0 Å². The third-order valence-electron chi connectivity index (χ3n) is 4.23. The van der Waals surface area contributed by atoms with Crippen LogP contribution in [0.3, 0.4) is 0 Å². The van der Waals surface area contributed by atoms with Crippen LogP contribution in [0.4, 0.5) is 0 Å². The average molecular weight is 400 g/mol. The zero-order valence-electron chi connectivity index (χ0n) is 17.6. The minimum atomic E-state index is 0.108. The highest BCUT2D eigenvalue weighted by molar-refractivity contribution is 5.76. The highest BCUT2D eigenvalue weighted by Gasteiger charge is 2.07. The topological polar surface area (TPSA) is 77.4 Å². The molecule has 0 radical (unpaired) electrons. The van der Waals surface area contributed by atoms with Gasteiger partial charge in [0.1, 0.15) is 6.29 Å². The Bertz CT molecular complexity index is 677. The fourth-order valence-corrected chi connectivity index (χ4v) is 2.59. The number of carbonyl (C=O) groups excluding carboxylic acids is 2. The Labute approximate surface area is 174 Å². The smallest absolute Gasteiger partial charge is 0.220 e. The van der Waals surface area contributed by atoms with Crippen LogP contribution < -0.4 is 5.32 Å². The van der Waals surface area contributed by atoms with Gasteiger partial charge in [0.05, 0.1) is 6.54 Å². The van der Waals surface area contributed by atoms with Crippen LogP contribution in [0, 0.1) is 0 Å². The fraction of sp³-hybridized carbons (Fsp3) is 0.455. The molecule has 0 aromatic heterocycles. The van der Waals surface area contributed by atoms with Gasteiger partial charge in [-0.1, -0.05) is 37.6 Å². The molecule has 1 rings (SSSR count). The first-order chi connectivity index (χ1) is 14.1. The van der Waals surface area contributed by atoms with Crippen LogP contribution in [0.25, 0.3) is 0 Å². The van der Waals surface area contributed by atoms with Crippen molar-refractivity contribution in [2.75, 3.05) is 20.1 Å². The first-order valence-electron chi connectivity index (χ1n) is 10.0. The van der Waals surface area contributed by atoms with E-state index >= 15 is 0 Å². The van der Waals surface area contributed by atoms with E-state index in [-0.39, 0.29) is 5.91 Å². The van der Waals surface area contributed by atoms with Gasteiger partial charge in [-0.25, -0.2) is 0 Å². The Morgan fingerprint density at radius 1 is 1.34 bits per heavy atom. The summed E-state index contributed by atoms with van der Waals surface area (Å²) in [6, 6.07) is 0. The van der Waals surface area contributed by atoms with Gasteiger partial charge in [0.25, 0.3) is 0 Å². The molecule has 158 valence electrons. The van der Waals surface area contributed by atoms with Crippen LogP contribution in [0.15, 0.2) is 58.6 Å². The summed E-state index contributed by atoms with van der Waals surface area (Å²) >= 11 is 0. The van der Waals surface area contributed by atoms with Crippen molar-refractivity contribution in [2.24, 2.45) is 10.2 Å². The molecule has 0 saturated carbocycles. The van der Waals surface area contributed by atoms with Crippen molar-refractivity contribution in [1.82, 2.24) is 15.3 Å². The summed E-state index contributed by atoms with van der Waals surface area (Å²) in [5.41, 5.74) is 2.41. The van der Waals surface area contributed by atoms with Crippen LogP contribution in [-0.4, -0.2) is 54.8 Å². The predicted molar refractivity (Wildman–Crippen MR) is 119 cm³/mol. The molecule has 1 amide bonds. The van der Waals surface area contributed by atoms with Gasteiger partial charge in [-0.05, 0) is 30.9 Å². The van der Waals surface area contributed by atoms with Gasteiger partial charge in [-0.3, -0.25) is 19.6 Å². The maximum atomic E-state index is 11.8. The van der Waals surface area contributed by atoms with Crippen LogP contribution in [0.1, 0.15) is 45.4 Å². The molecule has 7 nitrogen and oxygen atoms in total. The third-order valence-corrected chi connectivity index (χ3v) is 4.23. The van der Waals surface area contributed by atoms with E-state index in [9.17, 15) is 9.59 Å². The maximum absolute atomic E-state index is 11.8. The number of hydrogen-bond donors (Lipinski definition) is 1. The molecule has 7 heteroatoms. The van der Waals surface area contributed by atoms with E-state index in [1.54, 1.807) is 35.7 Å². The molecule has 0 aromatic rings. The summed E-state index contributed by atoms with van der Waals surface area (Å²) in [4.78, 5) is 22.4. The number of aldehydes is 1. The molecule has 1 N–H and O–H groups in total. The minimum absolute atomic E-state index is 0.108. The summed E-state index contributed by atoms with van der Waals surface area (Å²) in [7, 11) is 1.78. The number of allylic oxidation sites excluding steroid dienone is 3. The van der Waals surface area contributed by atoms with E-state index in [1.807, 2.05) is 6.21 Å². The monoisotopic (exact) mass is 399 g/mol. The Hall–Kier alpha value is -2.96. The number of rotatable bonds is 14. The Kier molecular flexibility index (Phi) is 12.5. The predicted octanol–water partition coefficient (Wildman–Crippen LogP) is 3.39. The lowest BCUT2D eigenvalue weighted by Crippen LogP contribution is -2.25. The first-order valence-corrected chi connectivity index (χ1v) is 10.0. The number of carbonyl (C=O) groups is 2. The summed E-state index contributed by atoms with van der Waals surface area (Å²) in [5.74, 6) is 0.108. The minimum Gasteiger partial charge on any atom is -0.352 e. The summed E-state index contributed by atoms with van der Waals surface area (Å²) < 4.78 is 0. The molecule has 0 fully saturated rings. The molecule has 0 heterocycles. The number of nitrogens with one attached hydrogen (secondary N) is 1. The van der Waals surface area contributed by atoms with Gasteiger partial charge in [-0.2, -0.15) is 10.2 Å². The highest BCUT2D eigenvalue weighted by atomic mass is 16.1. The first kappa shape index (κ1) is 24.1. The number of hydrazone groups is 2. The molecule has 0 saturated heterocycles. The van der Waals surface area contributed by atoms with Gasteiger partial charge in [0.2, 0.25) is 5.91 Å². The van der Waals surface area contributed by atoms with Crippen LogP contribution in [0.5, 0.6) is 0 Å². The summed E-state index contributed by atoms with van der Waals surface area (Å²) in [5, 5.41) is 14.8. The van der Waals surface area contributed by atoms with E-state index in [2.05, 4.69) is 41.2 Å². The van der Waals surface area contributed by atoms with Crippen molar-refractivity contribution in [3.8, 4) is 0 Å². The normalized spacial score (nSPS) is 14.1. The SMILES string of the molecule is C=CN(C)/N=C\CN(/C=C\C=O)/N=C/CC1=CC(CNC(=O)CCCC)=CCC1. The number of unbranched alkanes of at least 4 members (excludes halogenated alkanes) is 1. The molecule has 0 spiro atoms. The van der Waals surface area contributed by atoms with Gasteiger partial charge in [0, 0.05) is 51.3 Å². The molecule has 29 heavy (non-hydrogen) atoms. The van der Waals surface area contributed by atoms with E-state index in [4.69, 9.17) is 0 Å². The van der Waals surface area contributed by atoms with Crippen molar-refractivity contribution in [3.05, 3.63) is 48.4 Å². The third kappa shape index (κ3) is 11.5. The number of nitrogens with zero attached hydrogens (tertiary/aromatic N) is 4. The molecule has 0 aliphatic heterocycles. The van der Waals surface area contributed by atoms with Gasteiger partial charge in [0.15, 0.2) is 0 Å². The van der Waals surface area contributed by atoms with Gasteiger partial charge < -0.3 is 5.32 Å². The Balaban J connectivity index is 2.56. The zero-order chi connectivity index (χ0) is 21.3. The molecule has 1 aliphatic carbocycles. The van der Waals surface area contributed by atoms with Crippen molar-refractivity contribution in [3.63, 3.8) is 0 Å². The molecule has 1 aliphatic rings. The molecule has 0 unspecified atom stereocenters. The molecule has 0 aromatic carbocycles. The van der Waals surface area contributed by atoms with Crippen molar-refractivity contribution >= 4 is 24.6 Å². The standard InChI is InChI=1S/C22H33N5O2/c1-4-6-11-22(29)23-19-21-10-7-9-20(18-21)12-13-25-27(15-8-17-28)16-14-24-26(3)5-2/h5,8,10,13-15,17-18H,2,4,6-7,9,11-12,16,19H2,1,3H3,(H,23,29)/b15-8-,24-14-,25-13+. The molecular formula is C22H33N5O2. The highest BCUT2D eigenvalue weighted by Crippen LogP contribution is 2.19. The average Bonchev–Trinajstić information content (AvgIpc) is 2.74. The van der Waals surface area contributed by atoms with Crippen LogP contribution in [0.2, 0.25) is 0 Å². The van der Waals surface area contributed by atoms with Gasteiger partial charge in [-0.15, -0.1) is 0 Å². The number of amides is 1. The van der Waals surface area contributed by atoms with Crippen LogP contribution >= 0.6 is 0 Å². The second-order valence-electron chi connectivity index (χ2n) is 6.66. The van der Waals surface area contributed by atoms with Gasteiger partial charge >= 0.3 is 0 Å². The summed E-state index contributed by atoms with van der Waals surface area (Å²) in [6.07, 6.45) is 18.3. The van der Waals surface area contributed by atoms with E-state index in [0.717, 1.165) is 37.7 Å². The quantitative estimate of drug-likeness (QED) is 0.210. The second-order valence-corrected chi connectivity index (χ2v) is 6.66. The number of hydrogen-bond acceptors (Lipinski definition) is 6. The lowest BCUT2D eigenvalue weighted by Gasteiger charge is -2.14. The molecule has 0 atom stereocenters. The van der Waals surface area contributed by atoms with Crippen molar-refractivity contribution < 1.29 is 9.59 Å². The Morgan fingerprint density at radius 2 is 2.17 bits per heavy atom. The summed E-state index contributed by atoms with van der Waals surface area (Å²) in [6.45, 7) is 6.72. The molecular weight excluding hydrogens is 366 g/mol. The lowest BCUT2D eigenvalue weighted by atomic mass is 9.97. The fourth-order valence-electron chi connectivity index (χ4n) is 2.59. The maximum Gasteiger partial charge on any atom is 0.220 e. The lowest BCUT2D eigenvalue weighted by molar-refractivity contribution is -0.121.